The van der Waals surface area contributed by atoms with Crippen LogP contribution in [0.5, 0.6) is 0 Å². The summed E-state index contributed by atoms with van der Waals surface area (Å²) in [6.07, 6.45) is 1.08. The number of aromatic nitrogens is 3. The number of rotatable bonds is 3. The number of nitrogens with zero attached hydrogens (tertiary/aromatic N) is 4. The maximum absolute atomic E-state index is 12.9. The number of likely N-dealkylation sites (N-methyl/N-ethyl adjacent to an activating group) is 1. The number of carbonyl (C=O) groups excluding carboxylic acids is 1. The summed E-state index contributed by atoms with van der Waals surface area (Å²) in [4.78, 5) is 21.7. The molecule has 1 saturated heterocycles. The summed E-state index contributed by atoms with van der Waals surface area (Å²) in [5.74, 6) is 0.512. The molecular weight excluding hydrogens is 376 g/mol. The maximum atomic E-state index is 12.9. The number of nitrogens with one attached hydrogen (secondary N) is 2. The Morgan fingerprint density at radius 2 is 1.90 bits per heavy atom. The first-order valence-electron chi connectivity index (χ1n) is 10.7. The molecular formula is C23H28N6O. The highest BCUT2D eigenvalue weighted by Gasteiger charge is 2.38. The summed E-state index contributed by atoms with van der Waals surface area (Å²) in [5.41, 5.74) is 6.89. The third kappa shape index (κ3) is 3.13. The van der Waals surface area contributed by atoms with Crippen LogP contribution in [0.4, 0.5) is 10.5 Å². The Kier molecular flexibility index (Phi) is 4.50. The molecule has 7 heteroatoms. The Hall–Kier alpha value is -2.93. The number of anilines is 1. The smallest absolute Gasteiger partial charge is 0.316 e. The van der Waals surface area contributed by atoms with Crippen molar-refractivity contribution in [2.45, 2.75) is 39.8 Å². The Morgan fingerprint density at radius 1 is 1.13 bits per heavy atom. The molecule has 7 nitrogen and oxygen atoms in total. The van der Waals surface area contributed by atoms with E-state index in [1.165, 1.54) is 0 Å². The third-order valence-electron chi connectivity index (χ3n) is 6.50. The summed E-state index contributed by atoms with van der Waals surface area (Å²) < 4.78 is 0. The lowest BCUT2D eigenvalue weighted by Crippen LogP contribution is -2.48. The predicted octanol–water partition coefficient (Wildman–Crippen LogP) is 3.93. The van der Waals surface area contributed by atoms with E-state index in [0.717, 1.165) is 64.3 Å². The van der Waals surface area contributed by atoms with Crippen LogP contribution in [0.2, 0.25) is 0 Å². The fourth-order valence-electron chi connectivity index (χ4n) is 5.08. The van der Waals surface area contributed by atoms with E-state index in [9.17, 15) is 4.79 Å². The third-order valence-corrected chi connectivity index (χ3v) is 6.50. The van der Waals surface area contributed by atoms with Gasteiger partial charge in [0.25, 0.3) is 0 Å². The number of amides is 2. The van der Waals surface area contributed by atoms with Gasteiger partial charge in [-0.1, -0.05) is 13.3 Å². The molecule has 0 bridgehead atoms. The Bertz CT molecular complexity index is 1120. The van der Waals surface area contributed by atoms with Gasteiger partial charge < -0.3 is 15.1 Å². The summed E-state index contributed by atoms with van der Waals surface area (Å²) in [6, 6.07) is 8.57. The number of likely N-dealkylation sites (tertiary alicyclic amines) is 1. The van der Waals surface area contributed by atoms with Gasteiger partial charge in [0.1, 0.15) is 5.69 Å². The van der Waals surface area contributed by atoms with Gasteiger partial charge >= 0.3 is 6.03 Å². The molecule has 2 aliphatic heterocycles. The number of hydrogen-bond acceptors (Lipinski definition) is 4. The van der Waals surface area contributed by atoms with Crippen LogP contribution in [0.1, 0.15) is 30.3 Å². The lowest BCUT2D eigenvalue weighted by atomic mass is 9.97. The molecule has 2 atom stereocenters. The van der Waals surface area contributed by atoms with Crippen molar-refractivity contribution in [1.29, 1.82) is 0 Å². The summed E-state index contributed by atoms with van der Waals surface area (Å²) >= 11 is 0. The van der Waals surface area contributed by atoms with Crippen molar-refractivity contribution < 1.29 is 4.79 Å². The molecule has 2 N–H and O–H groups in total. The topological polar surface area (TPSA) is 77.2 Å². The van der Waals surface area contributed by atoms with Crippen LogP contribution in [0, 0.1) is 19.8 Å². The Balaban J connectivity index is 1.54. The molecule has 4 heterocycles. The number of benzene rings is 1. The first-order chi connectivity index (χ1) is 14.4. The molecule has 1 aromatic carbocycles. The lowest BCUT2D eigenvalue weighted by Gasteiger charge is -2.36. The van der Waals surface area contributed by atoms with Crippen LogP contribution < -0.4 is 5.32 Å². The summed E-state index contributed by atoms with van der Waals surface area (Å²) in [5, 5.41) is 11.9. The van der Waals surface area contributed by atoms with Gasteiger partial charge in [0, 0.05) is 47.7 Å². The van der Waals surface area contributed by atoms with E-state index in [-0.39, 0.29) is 12.1 Å². The van der Waals surface area contributed by atoms with E-state index in [1.807, 2.05) is 24.8 Å². The van der Waals surface area contributed by atoms with Crippen molar-refractivity contribution in [3.63, 3.8) is 0 Å². The second-order valence-corrected chi connectivity index (χ2v) is 8.78. The molecule has 0 spiro atoms. The zero-order valence-corrected chi connectivity index (χ0v) is 18.0. The summed E-state index contributed by atoms with van der Waals surface area (Å²) in [6.45, 7) is 8.82. The van der Waals surface area contributed by atoms with Crippen molar-refractivity contribution in [2.75, 3.05) is 25.5 Å². The second kappa shape index (κ2) is 7.09. The predicted molar refractivity (Wildman–Crippen MR) is 118 cm³/mol. The highest BCUT2D eigenvalue weighted by atomic mass is 16.2. The van der Waals surface area contributed by atoms with Gasteiger partial charge in [-0.05, 0) is 56.6 Å². The minimum Gasteiger partial charge on any atom is -0.316 e. The van der Waals surface area contributed by atoms with Gasteiger partial charge in [0.2, 0.25) is 0 Å². The Morgan fingerprint density at radius 3 is 2.63 bits per heavy atom. The SMILES string of the molecule is CC[C@@H]1CN(C)C[C@H]1N1Cc2cc3c(-c4cc(C)nc(C)c4)n[nH]c3cc2NC1=O. The number of fused-ring (bicyclic) bond motifs is 2. The number of pyridine rings is 1. The van der Waals surface area contributed by atoms with E-state index < -0.39 is 0 Å². The van der Waals surface area contributed by atoms with Gasteiger partial charge in [-0.2, -0.15) is 5.10 Å². The van der Waals surface area contributed by atoms with Crippen LogP contribution >= 0.6 is 0 Å². The molecule has 2 aliphatic rings. The van der Waals surface area contributed by atoms with Crippen LogP contribution in [-0.2, 0) is 6.54 Å². The molecule has 0 unspecified atom stereocenters. The number of aryl methyl sites for hydroxylation is 2. The van der Waals surface area contributed by atoms with E-state index in [4.69, 9.17) is 0 Å². The van der Waals surface area contributed by atoms with Crippen LogP contribution in [-0.4, -0.2) is 57.2 Å². The van der Waals surface area contributed by atoms with E-state index in [2.05, 4.69) is 57.6 Å². The van der Waals surface area contributed by atoms with Crippen molar-refractivity contribution >= 4 is 22.6 Å². The van der Waals surface area contributed by atoms with E-state index >= 15 is 0 Å². The monoisotopic (exact) mass is 404 g/mol. The highest BCUT2D eigenvalue weighted by molar-refractivity contribution is 6.00. The molecule has 5 rings (SSSR count). The second-order valence-electron chi connectivity index (χ2n) is 8.78. The molecule has 0 radical (unpaired) electrons. The average Bonchev–Trinajstić information content (AvgIpc) is 3.27. The minimum absolute atomic E-state index is 0.000669. The molecule has 0 saturated carbocycles. The zero-order chi connectivity index (χ0) is 21.0. The highest BCUT2D eigenvalue weighted by Crippen LogP contribution is 2.35. The molecule has 0 aliphatic carbocycles. The number of carbonyl (C=O) groups is 1. The number of aromatic amines is 1. The number of H-pyrrole nitrogens is 1. The van der Waals surface area contributed by atoms with Gasteiger partial charge in [-0.3, -0.25) is 10.1 Å². The molecule has 156 valence electrons. The number of urea groups is 1. The largest absolute Gasteiger partial charge is 0.322 e. The minimum atomic E-state index is 0.000669. The van der Waals surface area contributed by atoms with Crippen molar-refractivity contribution in [3.05, 3.63) is 41.2 Å². The first kappa shape index (κ1) is 19.1. The van der Waals surface area contributed by atoms with Crippen molar-refractivity contribution in [1.82, 2.24) is 25.0 Å². The normalized spacial score (nSPS) is 21.9. The number of hydrogen-bond donors (Lipinski definition) is 2. The zero-order valence-electron chi connectivity index (χ0n) is 18.0. The van der Waals surface area contributed by atoms with Gasteiger partial charge in [-0.15, -0.1) is 0 Å². The molecule has 1 fully saturated rings. The quantitative estimate of drug-likeness (QED) is 0.693. The van der Waals surface area contributed by atoms with Crippen molar-refractivity contribution in [3.8, 4) is 11.3 Å². The molecule has 2 amide bonds. The standard InChI is InChI=1S/C23H28N6O/c1-5-15-10-28(4)12-21(15)29-11-17-8-18-20(9-19(17)25-23(29)30)26-27-22(18)16-6-13(2)24-14(3)7-16/h6-9,15,21H,5,10-12H2,1-4H3,(H,25,30)(H,26,27)/t15-,21-/m1/s1. The first-order valence-corrected chi connectivity index (χ1v) is 10.7. The van der Waals surface area contributed by atoms with Crippen LogP contribution in [0.15, 0.2) is 24.3 Å². The summed E-state index contributed by atoms with van der Waals surface area (Å²) in [7, 11) is 2.14. The van der Waals surface area contributed by atoms with E-state index in [0.29, 0.717) is 12.5 Å². The Labute approximate surface area is 176 Å². The fourth-order valence-corrected chi connectivity index (χ4v) is 5.08. The lowest BCUT2D eigenvalue weighted by molar-refractivity contribution is 0.166. The van der Waals surface area contributed by atoms with Crippen LogP contribution in [0.25, 0.3) is 22.2 Å². The maximum Gasteiger partial charge on any atom is 0.322 e. The van der Waals surface area contributed by atoms with Crippen LogP contribution in [0.3, 0.4) is 0 Å². The van der Waals surface area contributed by atoms with E-state index in [1.54, 1.807) is 0 Å². The van der Waals surface area contributed by atoms with Crippen molar-refractivity contribution in [2.24, 2.45) is 5.92 Å². The fraction of sp³-hybridized carbons (Fsp3) is 0.435. The van der Waals surface area contributed by atoms with Gasteiger partial charge in [0.15, 0.2) is 0 Å². The molecule has 30 heavy (non-hydrogen) atoms. The molecule has 2 aromatic heterocycles. The average molecular weight is 405 g/mol. The molecule has 3 aromatic rings. The van der Waals surface area contributed by atoms with Gasteiger partial charge in [-0.25, -0.2) is 4.79 Å². The van der Waals surface area contributed by atoms with Gasteiger partial charge in [0.05, 0.1) is 11.6 Å².